The smallest absolute Gasteiger partial charge is 0.312 e. The van der Waals surface area contributed by atoms with E-state index in [0.29, 0.717) is 6.61 Å². The second kappa shape index (κ2) is 5.06. The molecule has 2 aromatic rings. The van der Waals surface area contributed by atoms with Crippen LogP contribution in [0.2, 0.25) is 0 Å². The van der Waals surface area contributed by atoms with E-state index in [1.807, 2.05) is 13.0 Å². The SMILES string of the molecule is CCOC(=O)Cc1nc2c(s1)Cc1cc(Br)ccc1-2. The fourth-order valence-corrected chi connectivity index (χ4v) is 3.75. The molecule has 19 heavy (non-hydrogen) atoms. The first-order chi connectivity index (χ1) is 9.17. The molecule has 1 heterocycles. The lowest BCUT2D eigenvalue weighted by molar-refractivity contribution is -0.142. The van der Waals surface area contributed by atoms with Gasteiger partial charge in [0.05, 0.1) is 18.7 Å². The van der Waals surface area contributed by atoms with Crippen molar-refractivity contribution in [1.29, 1.82) is 0 Å². The van der Waals surface area contributed by atoms with Gasteiger partial charge in [0.15, 0.2) is 0 Å². The lowest BCUT2D eigenvalue weighted by Crippen LogP contribution is -2.07. The van der Waals surface area contributed by atoms with Gasteiger partial charge in [-0.15, -0.1) is 11.3 Å². The van der Waals surface area contributed by atoms with Gasteiger partial charge in [0.25, 0.3) is 0 Å². The van der Waals surface area contributed by atoms with Gasteiger partial charge in [-0.2, -0.15) is 0 Å². The Balaban J connectivity index is 1.87. The molecule has 5 heteroatoms. The van der Waals surface area contributed by atoms with E-state index in [9.17, 15) is 4.79 Å². The van der Waals surface area contributed by atoms with Crippen LogP contribution >= 0.6 is 27.3 Å². The minimum atomic E-state index is -0.203. The number of benzene rings is 1. The lowest BCUT2D eigenvalue weighted by atomic mass is 10.1. The molecule has 0 bridgehead atoms. The second-order valence-corrected chi connectivity index (χ2v) is 6.42. The van der Waals surface area contributed by atoms with E-state index >= 15 is 0 Å². The number of ether oxygens (including phenoxy) is 1. The zero-order chi connectivity index (χ0) is 13.4. The molecule has 0 fully saturated rings. The lowest BCUT2D eigenvalue weighted by Gasteiger charge is -2.00. The van der Waals surface area contributed by atoms with Crippen molar-refractivity contribution in [2.45, 2.75) is 19.8 Å². The van der Waals surface area contributed by atoms with Crippen LogP contribution in [0.3, 0.4) is 0 Å². The summed E-state index contributed by atoms with van der Waals surface area (Å²) < 4.78 is 6.04. The van der Waals surface area contributed by atoms with Crippen molar-refractivity contribution in [1.82, 2.24) is 4.98 Å². The molecule has 0 spiro atoms. The van der Waals surface area contributed by atoms with E-state index in [1.54, 1.807) is 11.3 Å². The third kappa shape index (κ3) is 2.44. The zero-order valence-electron chi connectivity index (χ0n) is 10.4. The summed E-state index contributed by atoms with van der Waals surface area (Å²) in [5.41, 5.74) is 3.52. The number of thiazole rings is 1. The number of halogens is 1. The highest BCUT2D eigenvalue weighted by atomic mass is 79.9. The Morgan fingerprint density at radius 1 is 1.53 bits per heavy atom. The number of hydrogen-bond donors (Lipinski definition) is 0. The van der Waals surface area contributed by atoms with E-state index in [2.05, 4.69) is 33.0 Å². The molecule has 0 aliphatic heterocycles. The van der Waals surface area contributed by atoms with E-state index in [4.69, 9.17) is 4.74 Å². The summed E-state index contributed by atoms with van der Waals surface area (Å²) in [6.45, 7) is 2.23. The number of fused-ring (bicyclic) bond motifs is 3. The maximum atomic E-state index is 11.5. The van der Waals surface area contributed by atoms with Crippen molar-refractivity contribution in [2.24, 2.45) is 0 Å². The molecule has 0 atom stereocenters. The number of carbonyl (C=O) groups is 1. The van der Waals surface area contributed by atoms with Crippen LogP contribution in [-0.2, 0) is 22.4 Å². The minimum Gasteiger partial charge on any atom is -0.466 e. The molecule has 1 aromatic carbocycles. The number of rotatable bonds is 3. The molecule has 1 aromatic heterocycles. The van der Waals surface area contributed by atoms with Gasteiger partial charge in [0, 0.05) is 21.3 Å². The highest BCUT2D eigenvalue weighted by Crippen LogP contribution is 2.40. The highest BCUT2D eigenvalue weighted by Gasteiger charge is 2.24. The number of esters is 1. The van der Waals surface area contributed by atoms with E-state index < -0.39 is 0 Å². The van der Waals surface area contributed by atoms with Crippen molar-refractivity contribution in [3.05, 3.63) is 38.1 Å². The van der Waals surface area contributed by atoms with Gasteiger partial charge in [-0.3, -0.25) is 4.79 Å². The fraction of sp³-hybridized carbons (Fsp3) is 0.286. The van der Waals surface area contributed by atoms with Gasteiger partial charge in [0.2, 0.25) is 0 Å². The Kier molecular flexibility index (Phi) is 3.41. The predicted molar refractivity (Wildman–Crippen MR) is 78.4 cm³/mol. The molecule has 0 N–H and O–H groups in total. The van der Waals surface area contributed by atoms with Crippen molar-refractivity contribution in [2.75, 3.05) is 6.61 Å². The average molecular weight is 338 g/mol. The summed E-state index contributed by atoms with van der Waals surface area (Å²) in [4.78, 5) is 17.3. The summed E-state index contributed by atoms with van der Waals surface area (Å²) in [6, 6.07) is 6.24. The van der Waals surface area contributed by atoms with Crippen LogP contribution in [0.4, 0.5) is 0 Å². The summed E-state index contributed by atoms with van der Waals surface area (Å²) in [6.07, 6.45) is 1.18. The van der Waals surface area contributed by atoms with Gasteiger partial charge >= 0.3 is 5.97 Å². The second-order valence-electron chi connectivity index (χ2n) is 4.34. The monoisotopic (exact) mass is 337 g/mol. The number of carbonyl (C=O) groups excluding carboxylic acids is 1. The average Bonchev–Trinajstić information content (AvgIpc) is 2.85. The summed E-state index contributed by atoms with van der Waals surface area (Å²) in [7, 11) is 0. The van der Waals surface area contributed by atoms with Gasteiger partial charge in [-0.1, -0.05) is 22.0 Å². The van der Waals surface area contributed by atoms with Gasteiger partial charge < -0.3 is 4.74 Å². The minimum absolute atomic E-state index is 0.203. The first kappa shape index (κ1) is 12.8. The zero-order valence-corrected chi connectivity index (χ0v) is 12.8. The molecule has 0 amide bonds. The molecular formula is C14H12BrNO2S. The van der Waals surface area contributed by atoms with Crippen LogP contribution in [0, 0.1) is 0 Å². The molecule has 3 nitrogen and oxygen atoms in total. The molecule has 3 rings (SSSR count). The summed E-state index contributed by atoms with van der Waals surface area (Å²) in [5.74, 6) is -0.203. The molecule has 0 saturated heterocycles. The molecule has 0 saturated carbocycles. The Hall–Kier alpha value is -1.20. The molecule has 0 radical (unpaired) electrons. The normalized spacial score (nSPS) is 12.1. The maximum Gasteiger partial charge on any atom is 0.312 e. The molecule has 1 aliphatic rings. The van der Waals surface area contributed by atoms with Gasteiger partial charge in [-0.25, -0.2) is 4.98 Å². The van der Waals surface area contributed by atoms with E-state index in [0.717, 1.165) is 21.6 Å². The number of aromatic nitrogens is 1. The third-order valence-electron chi connectivity index (χ3n) is 3.02. The topological polar surface area (TPSA) is 39.2 Å². The predicted octanol–water partition coefficient (Wildman–Crippen LogP) is 3.58. The molecular weight excluding hydrogens is 326 g/mol. The van der Waals surface area contributed by atoms with Gasteiger partial charge in [0.1, 0.15) is 5.01 Å². The Labute approximate surface area is 123 Å². The third-order valence-corrected chi connectivity index (χ3v) is 4.56. The van der Waals surface area contributed by atoms with Crippen LogP contribution in [0.5, 0.6) is 0 Å². The van der Waals surface area contributed by atoms with Crippen LogP contribution in [0.15, 0.2) is 22.7 Å². The summed E-state index contributed by atoms with van der Waals surface area (Å²) >= 11 is 5.10. The van der Waals surface area contributed by atoms with Crippen molar-refractivity contribution < 1.29 is 9.53 Å². The standard InChI is InChI=1S/C14H12BrNO2S/c1-2-18-13(17)7-12-16-14-10-4-3-9(15)5-8(10)6-11(14)19-12/h3-5H,2,6-7H2,1H3. The Morgan fingerprint density at radius 3 is 3.16 bits per heavy atom. The van der Waals surface area contributed by atoms with Crippen molar-refractivity contribution in [3.8, 4) is 11.3 Å². The first-order valence-electron chi connectivity index (χ1n) is 6.10. The van der Waals surface area contributed by atoms with Crippen molar-refractivity contribution in [3.63, 3.8) is 0 Å². The molecule has 98 valence electrons. The first-order valence-corrected chi connectivity index (χ1v) is 7.71. The van der Waals surface area contributed by atoms with Gasteiger partial charge in [-0.05, 0) is 24.6 Å². The number of nitrogens with zero attached hydrogens (tertiary/aromatic N) is 1. The Morgan fingerprint density at radius 2 is 2.37 bits per heavy atom. The molecule has 1 aliphatic carbocycles. The van der Waals surface area contributed by atoms with Crippen LogP contribution in [0.1, 0.15) is 22.4 Å². The molecule has 0 unspecified atom stereocenters. The Bertz CT molecular complexity index is 651. The van der Waals surface area contributed by atoms with E-state index in [1.165, 1.54) is 16.0 Å². The van der Waals surface area contributed by atoms with Crippen LogP contribution in [0.25, 0.3) is 11.3 Å². The highest BCUT2D eigenvalue weighted by molar-refractivity contribution is 9.10. The fourth-order valence-electron chi connectivity index (χ4n) is 2.25. The maximum absolute atomic E-state index is 11.5. The van der Waals surface area contributed by atoms with Crippen LogP contribution in [-0.4, -0.2) is 17.6 Å². The largest absolute Gasteiger partial charge is 0.466 e. The van der Waals surface area contributed by atoms with Crippen molar-refractivity contribution >= 4 is 33.2 Å². The quantitative estimate of drug-likeness (QED) is 0.685. The van der Waals surface area contributed by atoms with Crippen LogP contribution < -0.4 is 0 Å². The number of hydrogen-bond acceptors (Lipinski definition) is 4. The summed E-state index contributed by atoms with van der Waals surface area (Å²) in [5, 5.41) is 0.844. The van der Waals surface area contributed by atoms with E-state index in [-0.39, 0.29) is 12.4 Å².